The second-order valence-electron chi connectivity index (χ2n) is 5.17. The molecule has 0 amide bonds. The van der Waals surface area contributed by atoms with Crippen LogP contribution in [0, 0.1) is 6.92 Å². The smallest absolute Gasteiger partial charge is 0.0328 e. The first-order valence-corrected chi connectivity index (χ1v) is 7.15. The molecule has 0 spiro atoms. The Morgan fingerprint density at radius 2 is 2.19 bits per heavy atom. The molecule has 1 aromatic heterocycles. The molecular formula is C13H20N2S. The Kier molecular flexibility index (Phi) is 3.01. The third-order valence-electron chi connectivity index (χ3n) is 3.50. The molecule has 0 aromatic carbocycles. The Hall–Kier alpha value is -0.380. The highest BCUT2D eigenvalue weighted by Crippen LogP contribution is 2.23. The number of hydrogen-bond acceptors (Lipinski definition) is 3. The first kappa shape index (κ1) is 10.8. The summed E-state index contributed by atoms with van der Waals surface area (Å²) in [5.74, 6) is 0. The van der Waals surface area contributed by atoms with E-state index in [-0.39, 0.29) is 0 Å². The minimum Gasteiger partial charge on any atom is -0.310 e. The quantitative estimate of drug-likeness (QED) is 0.863. The first-order valence-electron chi connectivity index (χ1n) is 6.33. The number of nitrogens with zero attached hydrogens (tertiary/aromatic N) is 1. The average molecular weight is 236 g/mol. The first-order chi connectivity index (χ1) is 7.79. The summed E-state index contributed by atoms with van der Waals surface area (Å²) >= 11 is 1.94. The SMILES string of the molecule is Cc1ccc(CN2CCC(NC3CC3)C2)s1. The van der Waals surface area contributed by atoms with Gasteiger partial charge in [0, 0.05) is 41.5 Å². The fraction of sp³-hybridized carbons (Fsp3) is 0.692. The monoisotopic (exact) mass is 236 g/mol. The number of rotatable bonds is 4. The number of nitrogens with one attached hydrogen (secondary N) is 1. The van der Waals surface area contributed by atoms with Gasteiger partial charge in [-0.2, -0.15) is 0 Å². The lowest BCUT2D eigenvalue weighted by Crippen LogP contribution is -2.33. The summed E-state index contributed by atoms with van der Waals surface area (Å²) in [5, 5.41) is 3.74. The van der Waals surface area contributed by atoms with E-state index in [0.717, 1.165) is 18.6 Å². The fourth-order valence-corrected chi connectivity index (χ4v) is 3.42. The normalized spacial score (nSPS) is 26.4. The average Bonchev–Trinajstić information content (AvgIpc) is 2.80. The number of hydrogen-bond donors (Lipinski definition) is 1. The van der Waals surface area contributed by atoms with Crippen LogP contribution < -0.4 is 5.32 Å². The Morgan fingerprint density at radius 1 is 1.31 bits per heavy atom. The summed E-state index contributed by atoms with van der Waals surface area (Å²) in [6.45, 7) is 5.85. The molecule has 88 valence electrons. The van der Waals surface area contributed by atoms with Crippen LogP contribution in [-0.2, 0) is 6.54 Å². The van der Waals surface area contributed by atoms with Gasteiger partial charge in [0.1, 0.15) is 0 Å². The van der Waals surface area contributed by atoms with Gasteiger partial charge in [-0.3, -0.25) is 4.90 Å². The Morgan fingerprint density at radius 3 is 2.88 bits per heavy atom. The van der Waals surface area contributed by atoms with Crippen LogP contribution in [0.3, 0.4) is 0 Å². The molecular weight excluding hydrogens is 216 g/mol. The van der Waals surface area contributed by atoms with Gasteiger partial charge >= 0.3 is 0 Å². The van der Waals surface area contributed by atoms with E-state index in [0.29, 0.717) is 0 Å². The molecule has 1 N–H and O–H groups in total. The van der Waals surface area contributed by atoms with Gasteiger partial charge < -0.3 is 5.32 Å². The topological polar surface area (TPSA) is 15.3 Å². The molecule has 2 fully saturated rings. The van der Waals surface area contributed by atoms with E-state index < -0.39 is 0 Å². The van der Waals surface area contributed by atoms with Gasteiger partial charge in [0.05, 0.1) is 0 Å². The molecule has 1 aromatic rings. The largest absolute Gasteiger partial charge is 0.310 e. The van der Waals surface area contributed by atoms with Crippen LogP contribution in [0.25, 0.3) is 0 Å². The van der Waals surface area contributed by atoms with Crippen LogP contribution >= 0.6 is 11.3 Å². The van der Waals surface area contributed by atoms with Gasteiger partial charge in [-0.1, -0.05) is 0 Å². The van der Waals surface area contributed by atoms with Crippen molar-refractivity contribution in [2.45, 2.75) is 44.8 Å². The summed E-state index contributed by atoms with van der Waals surface area (Å²) in [7, 11) is 0. The van der Waals surface area contributed by atoms with Gasteiger partial charge in [0.25, 0.3) is 0 Å². The van der Waals surface area contributed by atoms with Gasteiger partial charge in [0.15, 0.2) is 0 Å². The predicted molar refractivity (Wildman–Crippen MR) is 68.9 cm³/mol. The Labute approximate surface area is 102 Å². The zero-order valence-electron chi connectivity index (χ0n) is 9.91. The maximum absolute atomic E-state index is 3.74. The van der Waals surface area contributed by atoms with Crippen LogP contribution in [0.2, 0.25) is 0 Å². The van der Waals surface area contributed by atoms with Gasteiger partial charge in [0.2, 0.25) is 0 Å². The summed E-state index contributed by atoms with van der Waals surface area (Å²) in [4.78, 5) is 5.54. The molecule has 1 aliphatic heterocycles. The molecule has 1 saturated heterocycles. The van der Waals surface area contributed by atoms with Crippen molar-refractivity contribution in [2.24, 2.45) is 0 Å². The molecule has 2 heterocycles. The van der Waals surface area contributed by atoms with Crippen molar-refractivity contribution in [3.63, 3.8) is 0 Å². The molecule has 0 radical (unpaired) electrons. The van der Waals surface area contributed by atoms with E-state index in [2.05, 4.69) is 29.3 Å². The van der Waals surface area contributed by atoms with Crippen LogP contribution in [0.15, 0.2) is 12.1 Å². The van der Waals surface area contributed by atoms with Crippen LogP contribution in [0.5, 0.6) is 0 Å². The summed E-state index contributed by atoms with van der Waals surface area (Å²) in [6.07, 6.45) is 4.14. The second kappa shape index (κ2) is 4.47. The van der Waals surface area contributed by atoms with Crippen molar-refractivity contribution in [3.05, 3.63) is 21.9 Å². The molecule has 3 rings (SSSR count). The molecule has 3 heteroatoms. The van der Waals surface area contributed by atoms with Gasteiger partial charge in [-0.15, -0.1) is 11.3 Å². The third kappa shape index (κ3) is 2.65. The van der Waals surface area contributed by atoms with E-state index >= 15 is 0 Å². The van der Waals surface area contributed by atoms with E-state index in [1.54, 1.807) is 0 Å². The van der Waals surface area contributed by atoms with Crippen LogP contribution in [-0.4, -0.2) is 30.1 Å². The molecule has 1 aliphatic carbocycles. The predicted octanol–water partition coefficient (Wildman–Crippen LogP) is 2.38. The van der Waals surface area contributed by atoms with E-state index in [1.165, 1.54) is 42.1 Å². The van der Waals surface area contributed by atoms with Crippen molar-refractivity contribution < 1.29 is 0 Å². The maximum Gasteiger partial charge on any atom is 0.0328 e. The van der Waals surface area contributed by atoms with Crippen molar-refractivity contribution in [1.29, 1.82) is 0 Å². The Bertz CT molecular complexity index is 357. The highest BCUT2D eigenvalue weighted by atomic mass is 32.1. The van der Waals surface area contributed by atoms with Crippen molar-refractivity contribution in [2.75, 3.05) is 13.1 Å². The second-order valence-corrected chi connectivity index (χ2v) is 6.55. The van der Waals surface area contributed by atoms with Crippen molar-refractivity contribution in [3.8, 4) is 0 Å². The van der Waals surface area contributed by atoms with E-state index in [1.807, 2.05) is 11.3 Å². The zero-order valence-corrected chi connectivity index (χ0v) is 10.7. The molecule has 1 unspecified atom stereocenters. The fourth-order valence-electron chi connectivity index (χ4n) is 2.49. The molecule has 2 nitrogen and oxygen atoms in total. The van der Waals surface area contributed by atoms with Crippen LogP contribution in [0.1, 0.15) is 29.0 Å². The summed E-state index contributed by atoms with van der Waals surface area (Å²) in [5.41, 5.74) is 0. The highest BCUT2D eigenvalue weighted by molar-refractivity contribution is 7.11. The van der Waals surface area contributed by atoms with Gasteiger partial charge in [-0.05, 0) is 38.3 Å². The zero-order chi connectivity index (χ0) is 11.0. The maximum atomic E-state index is 3.74. The third-order valence-corrected chi connectivity index (χ3v) is 4.48. The number of likely N-dealkylation sites (tertiary alicyclic amines) is 1. The Balaban J connectivity index is 1.49. The lowest BCUT2D eigenvalue weighted by atomic mass is 10.2. The summed E-state index contributed by atoms with van der Waals surface area (Å²) in [6, 6.07) is 6.12. The molecule has 16 heavy (non-hydrogen) atoms. The number of aryl methyl sites for hydroxylation is 1. The molecule has 1 atom stereocenters. The standard InChI is InChI=1S/C13H20N2S/c1-10-2-5-13(16-10)9-15-7-6-12(8-15)14-11-3-4-11/h2,5,11-12,14H,3-4,6-9H2,1H3. The lowest BCUT2D eigenvalue weighted by Gasteiger charge is -2.15. The van der Waals surface area contributed by atoms with E-state index in [9.17, 15) is 0 Å². The lowest BCUT2D eigenvalue weighted by molar-refractivity contribution is 0.322. The minimum atomic E-state index is 0.758. The highest BCUT2D eigenvalue weighted by Gasteiger charge is 2.29. The van der Waals surface area contributed by atoms with Crippen molar-refractivity contribution in [1.82, 2.24) is 10.2 Å². The summed E-state index contributed by atoms with van der Waals surface area (Å²) < 4.78 is 0. The molecule has 1 saturated carbocycles. The minimum absolute atomic E-state index is 0.758. The van der Waals surface area contributed by atoms with Crippen LogP contribution in [0.4, 0.5) is 0 Å². The molecule has 2 aliphatic rings. The van der Waals surface area contributed by atoms with Gasteiger partial charge in [-0.25, -0.2) is 0 Å². The van der Waals surface area contributed by atoms with Crippen molar-refractivity contribution >= 4 is 11.3 Å². The number of thiophene rings is 1. The van der Waals surface area contributed by atoms with E-state index in [4.69, 9.17) is 0 Å². The molecule has 0 bridgehead atoms.